The normalized spacial score (nSPS) is 21.0. The molecule has 2 heterocycles. The fraction of sp³-hybridized carbons (Fsp3) is 0.444. The summed E-state index contributed by atoms with van der Waals surface area (Å²) in [6.45, 7) is 4.03. The molecule has 1 aliphatic rings. The van der Waals surface area contributed by atoms with E-state index >= 15 is 0 Å². The van der Waals surface area contributed by atoms with Crippen molar-refractivity contribution in [3.63, 3.8) is 0 Å². The average Bonchev–Trinajstić information content (AvgIpc) is 2.72. The third-order valence-corrected chi connectivity index (χ3v) is 4.59. The third-order valence-electron chi connectivity index (χ3n) is 1.84. The smallest absolute Gasteiger partial charge is 0.157 e. The number of amidine groups is 1. The molecule has 0 aliphatic carbocycles. The number of nitrogens with one attached hydrogen (secondary N) is 1. The molecule has 1 unspecified atom stereocenters. The SMILES string of the molecule is CC1CN=C(NCc2cc(Br)cs2)S1. The average molecular weight is 291 g/mol. The molecule has 0 bridgehead atoms. The molecule has 1 aromatic heterocycles. The highest BCUT2D eigenvalue weighted by Gasteiger charge is 2.14. The lowest BCUT2D eigenvalue weighted by molar-refractivity contribution is 0.927. The number of thiophene rings is 1. The van der Waals surface area contributed by atoms with E-state index in [1.165, 1.54) is 4.88 Å². The number of hydrogen-bond donors (Lipinski definition) is 1. The zero-order valence-corrected chi connectivity index (χ0v) is 11.0. The summed E-state index contributed by atoms with van der Waals surface area (Å²) >= 11 is 7.03. The number of halogens is 1. The van der Waals surface area contributed by atoms with Crippen molar-refractivity contribution < 1.29 is 0 Å². The van der Waals surface area contributed by atoms with Crippen LogP contribution in [0.3, 0.4) is 0 Å². The Kier molecular flexibility index (Phi) is 3.52. The molecule has 0 radical (unpaired) electrons. The lowest BCUT2D eigenvalue weighted by atomic mass is 10.5. The molecular weight excluding hydrogens is 280 g/mol. The maximum Gasteiger partial charge on any atom is 0.157 e. The molecule has 1 atom stereocenters. The van der Waals surface area contributed by atoms with E-state index in [-0.39, 0.29) is 0 Å². The van der Waals surface area contributed by atoms with E-state index < -0.39 is 0 Å². The van der Waals surface area contributed by atoms with Crippen LogP contribution in [0.25, 0.3) is 0 Å². The Balaban J connectivity index is 1.83. The number of thioether (sulfide) groups is 1. The van der Waals surface area contributed by atoms with E-state index in [9.17, 15) is 0 Å². The van der Waals surface area contributed by atoms with Gasteiger partial charge in [0.1, 0.15) is 0 Å². The summed E-state index contributed by atoms with van der Waals surface area (Å²) in [7, 11) is 0. The van der Waals surface area contributed by atoms with Crippen LogP contribution in [0.1, 0.15) is 11.8 Å². The molecule has 0 fully saturated rings. The van der Waals surface area contributed by atoms with Gasteiger partial charge in [-0.25, -0.2) is 0 Å². The number of hydrogen-bond acceptors (Lipinski definition) is 4. The summed E-state index contributed by atoms with van der Waals surface area (Å²) in [5.41, 5.74) is 0. The predicted octanol–water partition coefficient (Wildman–Crippen LogP) is 3.09. The molecule has 0 amide bonds. The van der Waals surface area contributed by atoms with Crippen molar-refractivity contribution >= 4 is 44.2 Å². The first-order chi connectivity index (χ1) is 6.74. The first-order valence-electron chi connectivity index (χ1n) is 4.42. The van der Waals surface area contributed by atoms with Gasteiger partial charge in [0, 0.05) is 20.0 Å². The fourth-order valence-corrected chi connectivity index (χ4v) is 3.41. The van der Waals surface area contributed by atoms with Crippen LogP contribution in [0.2, 0.25) is 0 Å². The van der Waals surface area contributed by atoms with Gasteiger partial charge in [0.15, 0.2) is 5.17 Å². The molecule has 1 aromatic rings. The van der Waals surface area contributed by atoms with Crippen LogP contribution in [-0.2, 0) is 6.54 Å². The molecule has 2 rings (SSSR count). The van der Waals surface area contributed by atoms with Crippen LogP contribution in [0, 0.1) is 0 Å². The van der Waals surface area contributed by atoms with Gasteiger partial charge in [-0.05, 0) is 22.0 Å². The Hall–Kier alpha value is -0.000000000000000111. The van der Waals surface area contributed by atoms with E-state index in [1.54, 1.807) is 11.3 Å². The van der Waals surface area contributed by atoms with E-state index in [1.807, 2.05) is 11.8 Å². The van der Waals surface area contributed by atoms with Crippen molar-refractivity contribution in [2.45, 2.75) is 18.7 Å². The van der Waals surface area contributed by atoms with Gasteiger partial charge in [0.25, 0.3) is 0 Å². The Labute approximate surface area is 100 Å². The van der Waals surface area contributed by atoms with Crippen molar-refractivity contribution in [2.24, 2.45) is 4.99 Å². The highest BCUT2D eigenvalue weighted by atomic mass is 79.9. The van der Waals surface area contributed by atoms with Gasteiger partial charge >= 0.3 is 0 Å². The van der Waals surface area contributed by atoms with Crippen LogP contribution < -0.4 is 5.32 Å². The summed E-state index contributed by atoms with van der Waals surface area (Å²) in [4.78, 5) is 5.73. The molecule has 1 aliphatic heterocycles. The topological polar surface area (TPSA) is 24.4 Å². The Morgan fingerprint density at radius 2 is 2.57 bits per heavy atom. The minimum absolute atomic E-state index is 0.632. The minimum atomic E-state index is 0.632. The second kappa shape index (κ2) is 4.68. The van der Waals surface area contributed by atoms with Crippen molar-refractivity contribution in [1.29, 1.82) is 0 Å². The van der Waals surface area contributed by atoms with Gasteiger partial charge in [-0.3, -0.25) is 4.99 Å². The Morgan fingerprint density at radius 3 is 3.14 bits per heavy atom. The third kappa shape index (κ3) is 2.74. The van der Waals surface area contributed by atoms with Crippen LogP contribution in [-0.4, -0.2) is 17.0 Å². The largest absolute Gasteiger partial charge is 0.360 e. The molecule has 2 nitrogen and oxygen atoms in total. The summed E-state index contributed by atoms with van der Waals surface area (Å²) < 4.78 is 1.16. The lowest BCUT2D eigenvalue weighted by Gasteiger charge is -2.03. The van der Waals surface area contributed by atoms with E-state index in [4.69, 9.17) is 0 Å². The molecule has 0 saturated carbocycles. The first-order valence-corrected chi connectivity index (χ1v) is 6.97. The second-order valence-corrected chi connectivity index (χ2v) is 6.50. The maximum atomic E-state index is 4.40. The first kappa shape index (κ1) is 10.5. The van der Waals surface area contributed by atoms with Crippen LogP contribution >= 0.6 is 39.0 Å². The highest BCUT2D eigenvalue weighted by Crippen LogP contribution is 2.21. The van der Waals surface area contributed by atoms with Crippen molar-refractivity contribution in [3.05, 3.63) is 20.8 Å². The van der Waals surface area contributed by atoms with E-state index in [0.717, 1.165) is 22.7 Å². The molecule has 1 N–H and O–H groups in total. The lowest BCUT2D eigenvalue weighted by Crippen LogP contribution is -2.17. The Morgan fingerprint density at radius 1 is 1.71 bits per heavy atom. The monoisotopic (exact) mass is 290 g/mol. The molecule has 0 spiro atoms. The predicted molar refractivity (Wildman–Crippen MR) is 68.2 cm³/mol. The van der Waals surface area contributed by atoms with Gasteiger partial charge in [-0.2, -0.15) is 0 Å². The standard InChI is InChI=1S/C9H11BrN2S2/c1-6-3-11-9(14-6)12-4-8-2-7(10)5-13-8/h2,5-6H,3-4H2,1H3,(H,11,12). The summed E-state index contributed by atoms with van der Waals surface area (Å²) in [6, 6.07) is 2.14. The molecular formula is C9H11BrN2S2. The highest BCUT2D eigenvalue weighted by molar-refractivity contribution is 9.10. The molecule has 0 aromatic carbocycles. The van der Waals surface area contributed by atoms with Gasteiger partial charge < -0.3 is 5.32 Å². The molecule has 5 heteroatoms. The zero-order valence-electron chi connectivity index (χ0n) is 7.79. The molecule has 76 valence electrons. The second-order valence-electron chi connectivity index (χ2n) is 3.16. The minimum Gasteiger partial charge on any atom is -0.360 e. The van der Waals surface area contributed by atoms with Gasteiger partial charge in [0.05, 0.1) is 13.1 Å². The van der Waals surface area contributed by atoms with Crippen LogP contribution in [0.4, 0.5) is 0 Å². The quantitative estimate of drug-likeness (QED) is 0.905. The van der Waals surface area contributed by atoms with Crippen molar-refractivity contribution in [1.82, 2.24) is 5.32 Å². The van der Waals surface area contributed by atoms with Crippen LogP contribution in [0.5, 0.6) is 0 Å². The van der Waals surface area contributed by atoms with Crippen molar-refractivity contribution in [3.8, 4) is 0 Å². The summed E-state index contributed by atoms with van der Waals surface area (Å²) in [6.07, 6.45) is 0. The fourth-order valence-electron chi connectivity index (χ4n) is 1.18. The van der Waals surface area contributed by atoms with Crippen LogP contribution in [0.15, 0.2) is 20.9 Å². The van der Waals surface area contributed by atoms with Gasteiger partial charge in [-0.15, -0.1) is 11.3 Å². The van der Waals surface area contributed by atoms with E-state index in [2.05, 4.69) is 44.6 Å². The van der Waals surface area contributed by atoms with E-state index in [0.29, 0.717) is 5.25 Å². The number of aliphatic imine (C=N–C) groups is 1. The zero-order chi connectivity index (χ0) is 9.97. The van der Waals surface area contributed by atoms with Crippen molar-refractivity contribution in [2.75, 3.05) is 6.54 Å². The van der Waals surface area contributed by atoms with Gasteiger partial charge in [-0.1, -0.05) is 18.7 Å². The maximum absolute atomic E-state index is 4.40. The number of rotatable bonds is 2. The molecule has 0 saturated heterocycles. The Bertz CT molecular complexity index is 348. The summed E-state index contributed by atoms with van der Waals surface area (Å²) in [5, 5.41) is 7.16. The summed E-state index contributed by atoms with van der Waals surface area (Å²) in [5.74, 6) is 0. The molecule has 14 heavy (non-hydrogen) atoms. The van der Waals surface area contributed by atoms with Gasteiger partial charge in [0.2, 0.25) is 0 Å². The number of nitrogens with zero attached hydrogens (tertiary/aromatic N) is 1.